The lowest BCUT2D eigenvalue weighted by molar-refractivity contribution is -0.00436. The largest absolute Gasteiger partial charge is 0.506 e. The number of carbonyl (C=O) groups excluding carboxylic acids is 1. The van der Waals surface area contributed by atoms with Crippen LogP contribution in [0, 0.1) is 0 Å². The van der Waals surface area contributed by atoms with Gasteiger partial charge >= 0.3 is 0 Å². The van der Waals surface area contributed by atoms with Crippen molar-refractivity contribution in [3.8, 4) is 5.75 Å². The third-order valence-corrected chi connectivity index (χ3v) is 5.27. The Hall–Kier alpha value is -2.50. The van der Waals surface area contributed by atoms with Gasteiger partial charge in [0.05, 0.1) is 35.3 Å². The van der Waals surface area contributed by atoms with Crippen molar-refractivity contribution in [2.75, 3.05) is 26.3 Å². The number of pyridine rings is 1. The minimum atomic E-state index is -0.709. The minimum absolute atomic E-state index is 0.00656. The highest BCUT2D eigenvalue weighted by Crippen LogP contribution is 2.33. The highest BCUT2D eigenvalue weighted by molar-refractivity contribution is 6.09. The van der Waals surface area contributed by atoms with Gasteiger partial charge in [0.1, 0.15) is 5.75 Å². The van der Waals surface area contributed by atoms with Crippen LogP contribution in [0.1, 0.15) is 24.2 Å². The van der Waals surface area contributed by atoms with E-state index in [4.69, 9.17) is 4.74 Å². The summed E-state index contributed by atoms with van der Waals surface area (Å²) in [6.07, 6.45) is 0. The maximum Gasteiger partial charge on any atom is 0.186 e. The van der Waals surface area contributed by atoms with Crippen molar-refractivity contribution < 1.29 is 14.6 Å². The smallest absolute Gasteiger partial charge is 0.186 e. The normalized spacial score (nSPS) is 16.2. The van der Waals surface area contributed by atoms with Gasteiger partial charge in [-0.25, -0.2) is 4.98 Å². The lowest BCUT2D eigenvalue weighted by Crippen LogP contribution is -2.54. The van der Waals surface area contributed by atoms with Gasteiger partial charge in [-0.2, -0.15) is 0 Å². The van der Waals surface area contributed by atoms with Gasteiger partial charge in [-0.15, -0.1) is 0 Å². The summed E-state index contributed by atoms with van der Waals surface area (Å²) in [6.45, 7) is 6.47. The fourth-order valence-electron chi connectivity index (χ4n) is 3.61. The third kappa shape index (κ3) is 2.73. The Balaban J connectivity index is 1.79. The summed E-state index contributed by atoms with van der Waals surface area (Å²) in [6, 6.07) is 13.1. The van der Waals surface area contributed by atoms with Crippen LogP contribution in [0.4, 0.5) is 0 Å². The summed E-state index contributed by atoms with van der Waals surface area (Å²) in [5.41, 5.74) is 1.18. The first-order valence-electron chi connectivity index (χ1n) is 8.87. The fourth-order valence-corrected chi connectivity index (χ4v) is 3.61. The van der Waals surface area contributed by atoms with Gasteiger partial charge in [-0.05, 0) is 38.1 Å². The van der Waals surface area contributed by atoms with Crippen molar-refractivity contribution in [2.45, 2.75) is 19.4 Å². The zero-order chi connectivity index (χ0) is 18.3. The highest BCUT2D eigenvalue weighted by atomic mass is 16.5. The van der Waals surface area contributed by atoms with Crippen molar-refractivity contribution in [3.63, 3.8) is 0 Å². The molecular formula is C21H22N2O3. The molecule has 26 heavy (non-hydrogen) atoms. The zero-order valence-electron chi connectivity index (χ0n) is 15.0. The van der Waals surface area contributed by atoms with E-state index in [1.807, 2.05) is 50.2 Å². The Morgan fingerprint density at radius 3 is 2.62 bits per heavy atom. The minimum Gasteiger partial charge on any atom is -0.506 e. The quantitative estimate of drug-likeness (QED) is 0.579. The second-order valence-corrected chi connectivity index (χ2v) is 7.20. The second kappa shape index (κ2) is 6.34. The maximum absolute atomic E-state index is 13.2. The molecule has 0 spiro atoms. The van der Waals surface area contributed by atoms with E-state index in [1.54, 1.807) is 6.07 Å². The molecule has 2 aromatic carbocycles. The van der Waals surface area contributed by atoms with Gasteiger partial charge < -0.3 is 9.84 Å². The standard InChI is InChI=1S/C21H22N2O3/c1-21(2,23-9-11-26-12-10-23)20(25)15-7-8-18-16(19(15)24)13-14-5-3-4-6-17(14)22-18/h3-8,13,24H,9-12H2,1-2H3. The number of fused-ring (bicyclic) bond motifs is 2. The van der Waals surface area contributed by atoms with Gasteiger partial charge in [0, 0.05) is 23.9 Å². The van der Waals surface area contributed by atoms with E-state index in [-0.39, 0.29) is 11.5 Å². The van der Waals surface area contributed by atoms with Crippen LogP contribution in [0.3, 0.4) is 0 Å². The van der Waals surface area contributed by atoms with Gasteiger partial charge in [0.15, 0.2) is 5.78 Å². The SMILES string of the molecule is CC(C)(C(=O)c1ccc2nc3ccccc3cc2c1O)N1CCOCC1. The van der Waals surface area contributed by atoms with Gasteiger partial charge in [0.2, 0.25) is 0 Å². The van der Waals surface area contributed by atoms with Gasteiger partial charge in [-0.1, -0.05) is 18.2 Å². The molecule has 3 aromatic rings. The van der Waals surface area contributed by atoms with E-state index in [0.717, 1.165) is 10.9 Å². The Labute approximate surface area is 152 Å². The van der Waals surface area contributed by atoms with Crippen molar-refractivity contribution in [2.24, 2.45) is 0 Å². The number of aromatic nitrogens is 1. The predicted octanol–water partition coefficient (Wildman–Crippen LogP) is 3.39. The van der Waals surface area contributed by atoms with E-state index in [1.165, 1.54) is 0 Å². The molecule has 1 N–H and O–H groups in total. The van der Waals surface area contributed by atoms with Crippen LogP contribution in [-0.4, -0.2) is 52.6 Å². The number of ketones is 1. The molecule has 1 aliphatic rings. The monoisotopic (exact) mass is 350 g/mol. The Morgan fingerprint density at radius 1 is 1.12 bits per heavy atom. The van der Waals surface area contributed by atoms with Crippen LogP contribution >= 0.6 is 0 Å². The average Bonchev–Trinajstić information content (AvgIpc) is 2.67. The first-order valence-corrected chi connectivity index (χ1v) is 8.87. The van der Waals surface area contributed by atoms with Crippen molar-refractivity contribution >= 4 is 27.6 Å². The molecule has 134 valence electrons. The van der Waals surface area contributed by atoms with E-state index < -0.39 is 5.54 Å². The summed E-state index contributed by atoms with van der Waals surface area (Å²) < 4.78 is 5.39. The van der Waals surface area contributed by atoms with Crippen molar-refractivity contribution in [3.05, 3.63) is 48.0 Å². The number of hydrogen-bond acceptors (Lipinski definition) is 5. The van der Waals surface area contributed by atoms with Crippen LogP contribution in [0.25, 0.3) is 21.8 Å². The molecule has 5 nitrogen and oxygen atoms in total. The van der Waals surface area contributed by atoms with Crippen LogP contribution in [0.2, 0.25) is 0 Å². The molecule has 5 heteroatoms. The highest BCUT2D eigenvalue weighted by Gasteiger charge is 2.37. The Morgan fingerprint density at radius 2 is 1.85 bits per heavy atom. The Bertz CT molecular complexity index is 991. The lowest BCUT2D eigenvalue weighted by Gasteiger charge is -2.39. The average molecular weight is 350 g/mol. The van der Waals surface area contributed by atoms with Crippen LogP contribution in [0.15, 0.2) is 42.5 Å². The number of carbonyl (C=O) groups is 1. The summed E-state index contributed by atoms with van der Waals surface area (Å²) in [5.74, 6) is -0.0842. The molecule has 1 fully saturated rings. The summed E-state index contributed by atoms with van der Waals surface area (Å²) >= 11 is 0. The molecule has 0 radical (unpaired) electrons. The number of para-hydroxylation sites is 1. The summed E-state index contributed by atoms with van der Waals surface area (Å²) in [7, 11) is 0. The third-order valence-electron chi connectivity index (χ3n) is 5.27. The maximum atomic E-state index is 13.2. The number of phenolic OH excluding ortho intramolecular Hbond substituents is 1. The number of Topliss-reactive ketones (excluding diaryl/α,β-unsaturated/α-hetero) is 1. The molecule has 1 aromatic heterocycles. The second-order valence-electron chi connectivity index (χ2n) is 7.20. The molecule has 0 unspecified atom stereocenters. The zero-order valence-corrected chi connectivity index (χ0v) is 15.0. The van der Waals surface area contributed by atoms with Gasteiger partial charge in [-0.3, -0.25) is 9.69 Å². The molecular weight excluding hydrogens is 328 g/mol. The van der Waals surface area contributed by atoms with Crippen molar-refractivity contribution in [1.29, 1.82) is 0 Å². The number of ether oxygens (including phenoxy) is 1. The summed E-state index contributed by atoms with van der Waals surface area (Å²) in [5, 5.41) is 12.4. The number of aromatic hydroxyl groups is 1. The fraction of sp³-hybridized carbons (Fsp3) is 0.333. The van der Waals surface area contributed by atoms with Crippen LogP contribution in [-0.2, 0) is 4.74 Å². The van der Waals surface area contributed by atoms with Crippen molar-refractivity contribution in [1.82, 2.24) is 9.88 Å². The first-order chi connectivity index (χ1) is 12.5. The number of rotatable bonds is 3. The number of hydrogen-bond donors (Lipinski definition) is 1. The lowest BCUT2D eigenvalue weighted by atomic mass is 9.89. The van der Waals surface area contributed by atoms with E-state index in [2.05, 4.69) is 9.88 Å². The van der Waals surface area contributed by atoms with Crippen LogP contribution < -0.4 is 0 Å². The summed E-state index contributed by atoms with van der Waals surface area (Å²) in [4.78, 5) is 19.9. The molecule has 0 atom stereocenters. The first kappa shape index (κ1) is 16.9. The number of phenols is 1. The topological polar surface area (TPSA) is 62.7 Å². The molecule has 1 aliphatic heterocycles. The van der Waals surface area contributed by atoms with E-state index in [9.17, 15) is 9.90 Å². The molecule has 4 rings (SSSR count). The number of benzene rings is 2. The molecule has 0 aliphatic carbocycles. The Kier molecular flexibility index (Phi) is 4.13. The molecule has 1 saturated heterocycles. The molecule has 0 saturated carbocycles. The predicted molar refractivity (Wildman–Crippen MR) is 102 cm³/mol. The molecule has 0 amide bonds. The van der Waals surface area contributed by atoms with E-state index in [0.29, 0.717) is 42.8 Å². The van der Waals surface area contributed by atoms with Gasteiger partial charge in [0.25, 0.3) is 0 Å². The number of morpholine rings is 1. The molecule has 2 heterocycles. The van der Waals surface area contributed by atoms with E-state index >= 15 is 0 Å². The van der Waals surface area contributed by atoms with Crippen LogP contribution in [0.5, 0.6) is 5.75 Å². The number of nitrogens with zero attached hydrogens (tertiary/aromatic N) is 2. The molecule has 0 bridgehead atoms.